The Morgan fingerprint density at radius 2 is 2.11 bits per heavy atom. The molecule has 2 heterocycles. The van der Waals surface area contributed by atoms with E-state index in [1.165, 1.54) is 13.1 Å². The molecule has 0 amide bonds. The molecule has 27 heavy (non-hydrogen) atoms. The molecule has 1 fully saturated rings. The van der Waals surface area contributed by atoms with Crippen molar-refractivity contribution < 1.29 is 23.4 Å². The number of carbonyl (C=O) groups excluding carboxylic acids is 1. The van der Waals surface area contributed by atoms with Gasteiger partial charge in [-0.1, -0.05) is 5.92 Å². The number of aromatic nitrogens is 2. The van der Waals surface area contributed by atoms with Crippen molar-refractivity contribution in [1.29, 1.82) is 0 Å². The van der Waals surface area contributed by atoms with Crippen molar-refractivity contribution >= 4 is 6.16 Å². The predicted molar refractivity (Wildman–Crippen MR) is 94.1 cm³/mol. The first-order valence-corrected chi connectivity index (χ1v) is 8.45. The highest BCUT2D eigenvalue weighted by Gasteiger charge is 2.38. The van der Waals surface area contributed by atoms with Crippen LogP contribution in [0.4, 0.5) is 9.18 Å². The minimum atomic E-state index is -1.46. The van der Waals surface area contributed by atoms with Gasteiger partial charge >= 0.3 is 11.8 Å². The largest absolute Gasteiger partial charge is 0.508 e. The van der Waals surface area contributed by atoms with Crippen LogP contribution >= 0.6 is 0 Å². The summed E-state index contributed by atoms with van der Waals surface area (Å²) >= 11 is 0. The summed E-state index contributed by atoms with van der Waals surface area (Å²) in [5.74, 6) is 2.24. The van der Waals surface area contributed by atoms with E-state index in [4.69, 9.17) is 20.6 Å². The second-order valence-electron chi connectivity index (χ2n) is 7.25. The Labute approximate surface area is 155 Å². The first-order valence-electron chi connectivity index (χ1n) is 8.45. The summed E-state index contributed by atoms with van der Waals surface area (Å²) in [6.45, 7) is 5.99. The first kappa shape index (κ1) is 20.7. The van der Waals surface area contributed by atoms with E-state index in [1.54, 1.807) is 20.8 Å². The van der Waals surface area contributed by atoms with Crippen LogP contribution in [0.1, 0.15) is 39.0 Å². The molecular weight excluding hydrogens is 359 g/mol. The van der Waals surface area contributed by atoms with Gasteiger partial charge in [0.15, 0.2) is 0 Å². The van der Waals surface area contributed by atoms with E-state index in [1.807, 2.05) is 0 Å². The number of ether oxygens (including phenoxy) is 3. The van der Waals surface area contributed by atoms with Crippen LogP contribution < -0.4 is 11.2 Å². The number of aryl methyl sites for hydroxylation is 1. The number of carbonyl (C=O) groups is 1. The maximum atomic E-state index is 14.3. The van der Waals surface area contributed by atoms with Gasteiger partial charge in [0, 0.05) is 18.2 Å². The van der Waals surface area contributed by atoms with Gasteiger partial charge in [-0.25, -0.2) is 18.5 Å². The van der Waals surface area contributed by atoms with Gasteiger partial charge in [0.1, 0.15) is 30.7 Å². The number of nitrogens with zero attached hydrogens (tertiary/aromatic N) is 2. The highest BCUT2D eigenvalue weighted by Crippen LogP contribution is 2.30. The Morgan fingerprint density at radius 1 is 1.44 bits per heavy atom. The molecule has 3 atom stereocenters. The van der Waals surface area contributed by atoms with E-state index < -0.39 is 41.5 Å². The minimum absolute atomic E-state index is 0.129. The van der Waals surface area contributed by atoms with E-state index in [2.05, 4.69) is 5.92 Å². The highest BCUT2D eigenvalue weighted by molar-refractivity contribution is 5.60. The van der Waals surface area contributed by atoms with E-state index in [0.717, 1.165) is 9.13 Å². The fourth-order valence-electron chi connectivity index (χ4n) is 2.63. The molecule has 0 aliphatic carbocycles. The third kappa shape index (κ3) is 4.98. The lowest BCUT2D eigenvalue weighted by molar-refractivity contribution is -0.0626. The third-order valence-electron chi connectivity index (χ3n) is 3.84. The summed E-state index contributed by atoms with van der Waals surface area (Å²) in [5, 5.41) is 0. The van der Waals surface area contributed by atoms with Crippen molar-refractivity contribution in [2.75, 3.05) is 6.61 Å². The Kier molecular flexibility index (Phi) is 6.11. The molecule has 2 rings (SSSR count). The second-order valence-corrected chi connectivity index (χ2v) is 7.25. The van der Waals surface area contributed by atoms with Gasteiger partial charge in [-0.2, -0.15) is 0 Å². The highest BCUT2D eigenvalue weighted by atomic mass is 19.1. The molecule has 0 N–H and O–H groups in total. The van der Waals surface area contributed by atoms with Gasteiger partial charge in [0.2, 0.25) is 0 Å². The molecule has 148 valence electrons. The minimum Gasteiger partial charge on any atom is -0.431 e. The summed E-state index contributed by atoms with van der Waals surface area (Å²) in [6, 6.07) is 0. The second kappa shape index (κ2) is 7.96. The topological polar surface area (TPSA) is 88.8 Å². The molecule has 0 bridgehead atoms. The molecule has 0 spiro atoms. The van der Waals surface area contributed by atoms with Gasteiger partial charge in [0.05, 0.1) is 6.54 Å². The van der Waals surface area contributed by atoms with Crippen molar-refractivity contribution in [2.24, 2.45) is 0 Å². The van der Waals surface area contributed by atoms with E-state index in [0.29, 0.717) is 0 Å². The van der Waals surface area contributed by atoms with E-state index >= 15 is 0 Å². The smallest absolute Gasteiger partial charge is 0.431 e. The van der Waals surface area contributed by atoms with Crippen molar-refractivity contribution in [3.05, 3.63) is 32.6 Å². The fraction of sp³-hybridized carbons (Fsp3) is 0.611. The molecule has 1 saturated heterocycles. The molecule has 0 aromatic carbocycles. The van der Waals surface area contributed by atoms with Crippen molar-refractivity contribution in [2.45, 2.75) is 64.8 Å². The van der Waals surface area contributed by atoms with Crippen molar-refractivity contribution in [3.63, 3.8) is 0 Å². The Hall–Kier alpha value is -2.60. The number of hydrogen-bond acceptors (Lipinski definition) is 6. The summed E-state index contributed by atoms with van der Waals surface area (Å²) in [7, 11) is 0. The number of rotatable bonds is 4. The summed E-state index contributed by atoms with van der Waals surface area (Å²) in [4.78, 5) is 36.1. The molecule has 1 aliphatic rings. The van der Waals surface area contributed by atoms with Crippen molar-refractivity contribution in [3.8, 4) is 12.3 Å². The fourth-order valence-corrected chi connectivity index (χ4v) is 2.63. The van der Waals surface area contributed by atoms with Crippen LogP contribution in [-0.4, -0.2) is 39.8 Å². The summed E-state index contributed by atoms with van der Waals surface area (Å²) in [6.07, 6.45) is 1.99. The molecule has 9 heteroatoms. The molecule has 0 radical (unpaired) electrons. The number of halogens is 1. The number of alkyl halides is 1. The van der Waals surface area contributed by atoms with Crippen LogP contribution in [0.15, 0.2) is 15.8 Å². The zero-order chi connectivity index (χ0) is 20.4. The van der Waals surface area contributed by atoms with Crippen LogP contribution in [0.25, 0.3) is 0 Å². The maximum absolute atomic E-state index is 14.3. The Bertz CT molecular complexity index is 861. The van der Waals surface area contributed by atoms with E-state index in [9.17, 15) is 18.8 Å². The maximum Gasteiger partial charge on any atom is 0.508 e. The molecule has 8 nitrogen and oxygen atoms in total. The predicted octanol–water partition coefficient (Wildman–Crippen LogP) is 1.53. The van der Waals surface area contributed by atoms with Crippen molar-refractivity contribution in [1.82, 2.24) is 9.13 Å². The van der Waals surface area contributed by atoms with Gasteiger partial charge in [-0.05, 0) is 27.7 Å². The lowest BCUT2D eigenvalue weighted by Gasteiger charge is -2.20. The third-order valence-corrected chi connectivity index (χ3v) is 3.84. The molecular formula is C18H23FN2O6. The van der Waals surface area contributed by atoms with Gasteiger partial charge in [-0.15, -0.1) is 6.42 Å². The van der Waals surface area contributed by atoms with Crippen LogP contribution in [0, 0.1) is 19.3 Å². The lowest BCUT2D eigenvalue weighted by Crippen LogP contribution is -2.42. The number of hydrogen-bond donors (Lipinski definition) is 0. The zero-order valence-corrected chi connectivity index (χ0v) is 15.7. The average molecular weight is 382 g/mol. The molecule has 0 unspecified atom stereocenters. The van der Waals surface area contributed by atoms with Gasteiger partial charge in [-0.3, -0.25) is 9.36 Å². The van der Waals surface area contributed by atoms with Gasteiger partial charge < -0.3 is 14.2 Å². The molecule has 1 aliphatic heterocycles. The van der Waals surface area contributed by atoms with Gasteiger partial charge in [0.25, 0.3) is 5.56 Å². The average Bonchev–Trinajstić information content (AvgIpc) is 2.92. The molecule has 1 aromatic rings. The summed E-state index contributed by atoms with van der Waals surface area (Å²) in [5.41, 5.74) is -1.65. The Morgan fingerprint density at radius 3 is 2.70 bits per heavy atom. The van der Waals surface area contributed by atoms with Crippen LogP contribution in [-0.2, 0) is 20.8 Å². The Balaban J connectivity index is 2.13. The van der Waals surface area contributed by atoms with Crippen LogP contribution in [0.3, 0.4) is 0 Å². The van der Waals surface area contributed by atoms with Crippen LogP contribution in [0.2, 0.25) is 0 Å². The monoisotopic (exact) mass is 382 g/mol. The standard InChI is InChI=1S/C18H23FN2O6/c1-6-7-20-15(22)11(2)9-21(16(20)23)14-8-12(19)13(26-14)10-25-17(24)27-18(3,4)5/h1,9,12-14H,7-8,10H2,2-5H3/t12-,13+,14+/m0/s1. The number of terminal acetylenes is 1. The van der Waals surface area contributed by atoms with Crippen LogP contribution in [0.5, 0.6) is 0 Å². The normalized spacial score (nSPS) is 22.3. The quantitative estimate of drug-likeness (QED) is 0.580. The lowest BCUT2D eigenvalue weighted by atomic mass is 10.2. The first-order chi connectivity index (χ1) is 12.5. The SMILES string of the molecule is C#CCn1c(=O)c(C)cn([C@H]2C[C@H](F)[C@@H](COC(=O)OC(C)(C)C)O2)c1=O. The molecule has 1 aromatic heterocycles. The summed E-state index contributed by atoms with van der Waals surface area (Å²) < 4.78 is 31.7. The van der Waals surface area contributed by atoms with E-state index in [-0.39, 0.29) is 25.1 Å². The molecule has 0 saturated carbocycles. The zero-order valence-electron chi connectivity index (χ0n) is 15.7.